The van der Waals surface area contributed by atoms with E-state index in [2.05, 4.69) is 15.1 Å². The van der Waals surface area contributed by atoms with Gasteiger partial charge < -0.3 is 25.4 Å². The second-order valence-electron chi connectivity index (χ2n) is 7.75. The summed E-state index contributed by atoms with van der Waals surface area (Å²) in [5, 5.41) is 23.9. The van der Waals surface area contributed by atoms with Crippen molar-refractivity contribution in [3.8, 4) is 22.8 Å². The molecule has 0 amide bonds. The van der Waals surface area contributed by atoms with Crippen LogP contribution in [-0.4, -0.2) is 61.9 Å². The number of nitrogens with two attached hydrogens (primary N) is 1. The van der Waals surface area contributed by atoms with Crippen molar-refractivity contribution in [3.63, 3.8) is 0 Å². The summed E-state index contributed by atoms with van der Waals surface area (Å²) in [6.07, 6.45) is 6.06. The summed E-state index contributed by atoms with van der Waals surface area (Å²) in [6.45, 7) is 0.692. The Morgan fingerprint density at radius 1 is 1.09 bits per heavy atom. The molecule has 0 aliphatic rings. The van der Waals surface area contributed by atoms with Gasteiger partial charge in [-0.05, 0) is 37.1 Å². The zero-order valence-corrected chi connectivity index (χ0v) is 19.0. The van der Waals surface area contributed by atoms with Crippen molar-refractivity contribution in [1.29, 1.82) is 0 Å². The van der Waals surface area contributed by atoms with Crippen molar-refractivity contribution in [2.75, 3.05) is 26.9 Å². The van der Waals surface area contributed by atoms with Gasteiger partial charge in [0.2, 0.25) is 0 Å². The molecule has 3 heterocycles. The highest BCUT2D eigenvalue weighted by Crippen LogP contribution is 2.33. The highest BCUT2D eigenvalue weighted by atomic mass is 16.5. The van der Waals surface area contributed by atoms with Crippen molar-refractivity contribution in [1.82, 2.24) is 24.7 Å². The summed E-state index contributed by atoms with van der Waals surface area (Å²) in [5.74, 6) is 1.12. The van der Waals surface area contributed by atoms with Crippen molar-refractivity contribution < 1.29 is 19.7 Å². The molecule has 10 heteroatoms. The van der Waals surface area contributed by atoms with Crippen LogP contribution in [0.4, 0.5) is 0 Å². The van der Waals surface area contributed by atoms with Crippen LogP contribution in [0.1, 0.15) is 30.3 Å². The van der Waals surface area contributed by atoms with E-state index in [9.17, 15) is 5.11 Å². The van der Waals surface area contributed by atoms with Gasteiger partial charge in [-0.15, -0.1) is 0 Å². The van der Waals surface area contributed by atoms with E-state index in [0.29, 0.717) is 43.3 Å². The summed E-state index contributed by atoms with van der Waals surface area (Å²) >= 11 is 0. The summed E-state index contributed by atoms with van der Waals surface area (Å²) in [5.41, 5.74) is 9.79. The van der Waals surface area contributed by atoms with Crippen LogP contribution in [-0.2, 0) is 11.3 Å². The zero-order chi connectivity index (χ0) is 23.9. The summed E-state index contributed by atoms with van der Waals surface area (Å²) in [6, 6.07) is 9.33. The van der Waals surface area contributed by atoms with Crippen LogP contribution in [0.15, 0.2) is 48.9 Å². The quantitative estimate of drug-likeness (QED) is 0.285. The van der Waals surface area contributed by atoms with E-state index in [1.807, 2.05) is 30.3 Å². The molecule has 4 rings (SSSR count). The van der Waals surface area contributed by atoms with Gasteiger partial charge in [0.25, 0.3) is 0 Å². The first-order chi connectivity index (χ1) is 16.6. The van der Waals surface area contributed by atoms with Crippen LogP contribution in [0.5, 0.6) is 5.75 Å². The molecular formula is C24H28N6O4. The molecule has 1 atom stereocenters. The molecule has 1 unspecified atom stereocenters. The van der Waals surface area contributed by atoms with Crippen LogP contribution in [0.3, 0.4) is 0 Å². The smallest absolute Gasteiger partial charge is 0.172 e. The minimum Gasteiger partial charge on any atom is -0.490 e. The van der Waals surface area contributed by atoms with Crippen LogP contribution < -0.4 is 10.5 Å². The van der Waals surface area contributed by atoms with E-state index < -0.39 is 0 Å². The van der Waals surface area contributed by atoms with Crippen molar-refractivity contribution >= 4 is 10.9 Å². The molecule has 4 N–H and O–H groups in total. The molecule has 0 fully saturated rings. The average molecular weight is 465 g/mol. The Morgan fingerprint density at radius 3 is 2.76 bits per heavy atom. The highest BCUT2D eigenvalue weighted by molar-refractivity contribution is 5.90. The number of benzene rings is 1. The molecule has 4 aromatic rings. The molecule has 3 aromatic heterocycles. The van der Waals surface area contributed by atoms with Gasteiger partial charge in [-0.3, -0.25) is 9.97 Å². The monoisotopic (exact) mass is 464 g/mol. The Bertz CT molecular complexity index is 1250. The second kappa shape index (κ2) is 11.1. The number of aliphatic hydroxyl groups excluding tert-OH is 2. The van der Waals surface area contributed by atoms with Crippen LogP contribution in [0, 0.1) is 0 Å². The van der Waals surface area contributed by atoms with Gasteiger partial charge in [0.1, 0.15) is 12.4 Å². The fourth-order valence-electron chi connectivity index (χ4n) is 3.63. The lowest BCUT2D eigenvalue weighted by molar-refractivity contribution is 0.147. The highest BCUT2D eigenvalue weighted by Gasteiger charge is 2.16. The van der Waals surface area contributed by atoms with Gasteiger partial charge >= 0.3 is 0 Å². The van der Waals surface area contributed by atoms with Crippen LogP contribution in [0.25, 0.3) is 28.0 Å². The lowest BCUT2D eigenvalue weighted by Crippen LogP contribution is -2.12. The number of fused-ring (bicyclic) bond motifs is 1. The van der Waals surface area contributed by atoms with Gasteiger partial charge in [0.15, 0.2) is 5.82 Å². The van der Waals surface area contributed by atoms with Crippen LogP contribution >= 0.6 is 0 Å². The number of hydrogen-bond donors (Lipinski definition) is 3. The fourth-order valence-corrected chi connectivity index (χ4v) is 3.63. The van der Waals surface area contributed by atoms with Gasteiger partial charge in [-0.25, -0.2) is 9.67 Å². The Hall–Kier alpha value is -3.44. The number of hydrogen-bond acceptors (Lipinski definition) is 9. The van der Waals surface area contributed by atoms with Crippen molar-refractivity contribution in [3.05, 3.63) is 60.3 Å². The molecule has 0 spiro atoms. The molecule has 34 heavy (non-hydrogen) atoms. The van der Waals surface area contributed by atoms with Crippen LogP contribution in [0.2, 0.25) is 0 Å². The molecule has 0 aliphatic carbocycles. The van der Waals surface area contributed by atoms with Crippen molar-refractivity contribution in [2.45, 2.75) is 25.5 Å². The van der Waals surface area contributed by atoms with Crippen molar-refractivity contribution in [2.24, 2.45) is 5.73 Å². The standard InChI is InChI=1S/C24H28N6O4/c1-33-8-9-34-23-11-16(20-5-2-6-21(29-20)19(25)4-3-7-31)10-22-18(23)13-27-30(22)24-14-26-12-17(15-32)28-24/h2,5-6,10-14,19,31-32H,3-4,7-9,15,25H2,1H3. The van der Waals surface area contributed by atoms with E-state index in [4.69, 9.17) is 25.3 Å². The Labute approximate surface area is 197 Å². The normalized spacial score (nSPS) is 12.2. The zero-order valence-electron chi connectivity index (χ0n) is 19.0. The molecule has 0 aliphatic heterocycles. The van der Waals surface area contributed by atoms with E-state index >= 15 is 0 Å². The third-order valence-electron chi connectivity index (χ3n) is 5.37. The third kappa shape index (κ3) is 5.20. The molecule has 10 nitrogen and oxygen atoms in total. The molecule has 0 radical (unpaired) electrons. The van der Waals surface area contributed by atoms with Gasteiger partial charge in [0.05, 0.1) is 59.8 Å². The Morgan fingerprint density at radius 2 is 1.97 bits per heavy atom. The Balaban J connectivity index is 1.80. The number of pyridine rings is 1. The lowest BCUT2D eigenvalue weighted by Gasteiger charge is -2.13. The SMILES string of the molecule is COCCOc1cc(-c2cccc(C(N)CCCO)n2)cc2c1cnn2-c1cncc(CO)n1. The molecule has 178 valence electrons. The van der Waals surface area contributed by atoms with Gasteiger partial charge in [0, 0.05) is 25.3 Å². The number of nitrogens with zero attached hydrogens (tertiary/aromatic N) is 5. The first-order valence-electron chi connectivity index (χ1n) is 11.0. The Kier molecular flexibility index (Phi) is 7.76. The predicted molar refractivity (Wildman–Crippen MR) is 126 cm³/mol. The maximum Gasteiger partial charge on any atom is 0.172 e. The molecular weight excluding hydrogens is 436 g/mol. The fraction of sp³-hybridized carbons (Fsp3) is 0.333. The number of rotatable bonds is 11. The van der Waals surface area contributed by atoms with E-state index in [1.165, 1.54) is 6.20 Å². The first-order valence-corrected chi connectivity index (χ1v) is 11.0. The number of ether oxygens (including phenoxy) is 2. The molecule has 1 aromatic carbocycles. The summed E-state index contributed by atoms with van der Waals surface area (Å²) in [4.78, 5) is 13.4. The molecule has 0 bridgehead atoms. The molecule has 0 saturated carbocycles. The number of aromatic nitrogens is 5. The predicted octanol–water partition coefficient (Wildman–Crippen LogP) is 2.17. The minimum atomic E-state index is -0.268. The van der Waals surface area contributed by atoms with E-state index in [-0.39, 0.29) is 19.3 Å². The first kappa shape index (κ1) is 23.7. The maximum absolute atomic E-state index is 9.46. The minimum absolute atomic E-state index is 0.0938. The summed E-state index contributed by atoms with van der Waals surface area (Å²) < 4.78 is 12.8. The average Bonchev–Trinajstić information content (AvgIpc) is 3.32. The number of aliphatic hydroxyl groups is 2. The summed E-state index contributed by atoms with van der Waals surface area (Å²) in [7, 11) is 1.62. The van der Waals surface area contributed by atoms with Gasteiger partial charge in [-0.2, -0.15) is 5.10 Å². The number of methoxy groups -OCH3 is 1. The lowest BCUT2D eigenvalue weighted by atomic mass is 10.0. The second-order valence-corrected chi connectivity index (χ2v) is 7.75. The molecule has 0 saturated heterocycles. The third-order valence-corrected chi connectivity index (χ3v) is 5.37. The topological polar surface area (TPSA) is 141 Å². The largest absolute Gasteiger partial charge is 0.490 e. The van der Waals surface area contributed by atoms with Gasteiger partial charge in [-0.1, -0.05) is 6.07 Å². The maximum atomic E-state index is 9.46. The van der Waals surface area contributed by atoms with E-state index in [0.717, 1.165) is 27.9 Å². The van der Waals surface area contributed by atoms with E-state index in [1.54, 1.807) is 24.2 Å².